The van der Waals surface area contributed by atoms with Crippen molar-refractivity contribution in [2.24, 2.45) is 0 Å². The van der Waals surface area contributed by atoms with Crippen LogP contribution in [0.15, 0.2) is 10.8 Å². The Hall–Kier alpha value is -1.17. The zero-order chi connectivity index (χ0) is 11.5. The fourth-order valence-corrected chi connectivity index (χ4v) is 1.94. The van der Waals surface area contributed by atoms with Crippen molar-refractivity contribution >= 4 is 33.5 Å². The Balaban J connectivity index is 2.43. The third-order valence-corrected chi connectivity index (χ3v) is 2.74. The van der Waals surface area contributed by atoms with Crippen LogP contribution in [-0.4, -0.2) is 29.0 Å². The molecule has 0 fully saturated rings. The molecule has 0 aliphatic carbocycles. The predicted octanol–water partition coefficient (Wildman–Crippen LogP) is 1.80. The summed E-state index contributed by atoms with van der Waals surface area (Å²) >= 11 is 3.28. The standard InChI is InChI=1S/C10H13BrN4O/c1-2-5-15-8(16)3-4-12-9-10(15)14-7(11)6-13-9/h6H,2-5H2,1H3,(H,12,13). The van der Waals surface area contributed by atoms with Crippen LogP contribution in [0.2, 0.25) is 0 Å². The summed E-state index contributed by atoms with van der Waals surface area (Å²) in [5.41, 5.74) is 0. The monoisotopic (exact) mass is 284 g/mol. The molecule has 86 valence electrons. The van der Waals surface area contributed by atoms with Crippen LogP contribution in [0.3, 0.4) is 0 Å². The number of nitrogens with zero attached hydrogens (tertiary/aromatic N) is 3. The Labute approximate surface area is 102 Å². The molecule has 6 heteroatoms. The van der Waals surface area contributed by atoms with E-state index in [9.17, 15) is 4.79 Å². The van der Waals surface area contributed by atoms with Gasteiger partial charge in [0.15, 0.2) is 11.6 Å². The van der Waals surface area contributed by atoms with Crippen LogP contribution in [0.25, 0.3) is 0 Å². The van der Waals surface area contributed by atoms with Crippen molar-refractivity contribution in [3.63, 3.8) is 0 Å². The van der Waals surface area contributed by atoms with Gasteiger partial charge in [-0.3, -0.25) is 9.69 Å². The topological polar surface area (TPSA) is 58.1 Å². The highest BCUT2D eigenvalue weighted by molar-refractivity contribution is 9.10. The SMILES string of the molecule is CCCN1C(=O)CCNc2ncc(Br)nc21. The lowest BCUT2D eigenvalue weighted by Crippen LogP contribution is -2.31. The highest BCUT2D eigenvalue weighted by Gasteiger charge is 2.23. The highest BCUT2D eigenvalue weighted by atomic mass is 79.9. The maximum absolute atomic E-state index is 11.9. The first-order chi connectivity index (χ1) is 7.72. The van der Waals surface area contributed by atoms with E-state index in [0.717, 1.165) is 6.42 Å². The van der Waals surface area contributed by atoms with Crippen molar-refractivity contribution in [2.45, 2.75) is 19.8 Å². The van der Waals surface area contributed by atoms with Gasteiger partial charge in [0, 0.05) is 19.5 Å². The van der Waals surface area contributed by atoms with Crippen LogP contribution in [-0.2, 0) is 4.79 Å². The molecule has 0 radical (unpaired) electrons. The second kappa shape index (κ2) is 4.78. The highest BCUT2D eigenvalue weighted by Crippen LogP contribution is 2.26. The van der Waals surface area contributed by atoms with Gasteiger partial charge in [0.25, 0.3) is 0 Å². The number of amides is 1. The van der Waals surface area contributed by atoms with Crippen LogP contribution in [0.5, 0.6) is 0 Å². The maximum atomic E-state index is 11.9. The lowest BCUT2D eigenvalue weighted by molar-refractivity contribution is -0.118. The van der Waals surface area contributed by atoms with Crippen molar-refractivity contribution in [2.75, 3.05) is 23.3 Å². The normalized spacial score (nSPS) is 15.4. The first-order valence-electron chi connectivity index (χ1n) is 5.29. The number of anilines is 2. The molecule has 0 atom stereocenters. The third kappa shape index (κ3) is 2.16. The number of carbonyl (C=O) groups excluding carboxylic acids is 1. The molecule has 1 amide bonds. The van der Waals surface area contributed by atoms with Gasteiger partial charge in [-0.25, -0.2) is 9.97 Å². The van der Waals surface area contributed by atoms with Gasteiger partial charge in [-0.15, -0.1) is 0 Å². The summed E-state index contributed by atoms with van der Waals surface area (Å²) < 4.78 is 0.642. The first kappa shape index (κ1) is 11.3. The van der Waals surface area contributed by atoms with E-state index in [2.05, 4.69) is 31.2 Å². The van der Waals surface area contributed by atoms with E-state index in [1.54, 1.807) is 11.1 Å². The predicted molar refractivity (Wildman–Crippen MR) is 65.5 cm³/mol. The largest absolute Gasteiger partial charge is 0.366 e. The molecule has 1 N–H and O–H groups in total. The quantitative estimate of drug-likeness (QED) is 0.900. The number of fused-ring (bicyclic) bond motifs is 1. The minimum Gasteiger partial charge on any atom is -0.366 e. The number of hydrogen-bond acceptors (Lipinski definition) is 4. The molecule has 0 saturated heterocycles. The summed E-state index contributed by atoms with van der Waals surface area (Å²) in [4.78, 5) is 22.1. The molecular weight excluding hydrogens is 272 g/mol. The molecule has 0 saturated carbocycles. The Morgan fingerprint density at radius 3 is 3.19 bits per heavy atom. The molecular formula is C10H13BrN4O. The lowest BCUT2D eigenvalue weighted by Gasteiger charge is -2.19. The van der Waals surface area contributed by atoms with Crippen molar-refractivity contribution in [1.82, 2.24) is 9.97 Å². The van der Waals surface area contributed by atoms with E-state index < -0.39 is 0 Å². The lowest BCUT2D eigenvalue weighted by atomic mass is 10.3. The molecule has 16 heavy (non-hydrogen) atoms. The second-order valence-corrected chi connectivity index (χ2v) is 4.40. The van der Waals surface area contributed by atoms with E-state index >= 15 is 0 Å². The van der Waals surface area contributed by atoms with Crippen LogP contribution in [0.1, 0.15) is 19.8 Å². The van der Waals surface area contributed by atoms with Gasteiger partial charge in [0.2, 0.25) is 5.91 Å². The number of rotatable bonds is 2. The molecule has 0 spiro atoms. The smallest absolute Gasteiger partial charge is 0.230 e. The van der Waals surface area contributed by atoms with Crippen LogP contribution in [0.4, 0.5) is 11.6 Å². The molecule has 1 aliphatic rings. The van der Waals surface area contributed by atoms with Gasteiger partial charge in [0.1, 0.15) is 4.60 Å². The Morgan fingerprint density at radius 2 is 2.44 bits per heavy atom. The van der Waals surface area contributed by atoms with Gasteiger partial charge in [-0.05, 0) is 22.4 Å². The minimum absolute atomic E-state index is 0.0977. The number of carbonyl (C=O) groups is 1. The summed E-state index contributed by atoms with van der Waals surface area (Å²) in [5.74, 6) is 1.40. The van der Waals surface area contributed by atoms with Gasteiger partial charge in [0.05, 0.1) is 6.20 Å². The second-order valence-electron chi connectivity index (χ2n) is 3.59. The zero-order valence-corrected chi connectivity index (χ0v) is 10.6. The van der Waals surface area contributed by atoms with Gasteiger partial charge < -0.3 is 5.32 Å². The van der Waals surface area contributed by atoms with Crippen molar-refractivity contribution in [3.8, 4) is 0 Å². The molecule has 5 nitrogen and oxygen atoms in total. The van der Waals surface area contributed by atoms with E-state index in [1.165, 1.54) is 0 Å². The van der Waals surface area contributed by atoms with Gasteiger partial charge in [-0.2, -0.15) is 0 Å². The molecule has 1 aromatic rings. The Bertz CT molecular complexity index is 410. The molecule has 1 aliphatic heterocycles. The Morgan fingerprint density at radius 1 is 1.62 bits per heavy atom. The number of nitrogens with one attached hydrogen (secondary N) is 1. The van der Waals surface area contributed by atoms with Crippen molar-refractivity contribution in [1.29, 1.82) is 0 Å². The van der Waals surface area contributed by atoms with Crippen molar-refractivity contribution < 1.29 is 4.79 Å². The summed E-state index contributed by atoms with van der Waals surface area (Å²) in [7, 11) is 0. The summed E-state index contributed by atoms with van der Waals surface area (Å²) in [6.45, 7) is 3.33. The van der Waals surface area contributed by atoms with Crippen LogP contribution in [0, 0.1) is 0 Å². The van der Waals surface area contributed by atoms with Gasteiger partial charge >= 0.3 is 0 Å². The van der Waals surface area contributed by atoms with E-state index in [-0.39, 0.29) is 5.91 Å². The number of halogens is 1. The number of hydrogen-bond donors (Lipinski definition) is 1. The summed E-state index contributed by atoms with van der Waals surface area (Å²) in [6.07, 6.45) is 3.01. The first-order valence-corrected chi connectivity index (χ1v) is 6.08. The molecule has 2 heterocycles. The molecule has 2 rings (SSSR count). The molecule has 0 bridgehead atoms. The van der Waals surface area contributed by atoms with Crippen LogP contribution < -0.4 is 10.2 Å². The zero-order valence-electron chi connectivity index (χ0n) is 9.03. The fourth-order valence-electron chi connectivity index (χ4n) is 1.67. The average Bonchev–Trinajstić information content (AvgIpc) is 2.41. The third-order valence-electron chi connectivity index (χ3n) is 2.36. The molecule has 0 aromatic carbocycles. The van der Waals surface area contributed by atoms with E-state index in [1.807, 2.05) is 6.92 Å². The molecule has 1 aromatic heterocycles. The maximum Gasteiger partial charge on any atom is 0.230 e. The molecule has 0 unspecified atom stereocenters. The van der Waals surface area contributed by atoms with Crippen LogP contribution >= 0.6 is 15.9 Å². The summed E-state index contributed by atoms with van der Waals surface area (Å²) in [5, 5.41) is 3.11. The van der Waals surface area contributed by atoms with Gasteiger partial charge in [-0.1, -0.05) is 6.92 Å². The minimum atomic E-state index is 0.0977. The van der Waals surface area contributed by atoms with Crippen molar-refractivity contribution in [3.05, 3.63) is 10.8 Å². The average molecular weight is 285 g/mol. The Kier molecular flexibility index (Phi) is 3.38. The fraction of sp³-hybridized carbons (Fsp3) is 0.500. The van der Waals surface area contributed by atoms with E-state index in [4.69, 9.17) is 0 Å². The number of aromatic nitrogens is 2. The summed E-state index contributed by atoms with van der Waals surface area (Å²) in [6, 6.07) is 0. The van der Waals surface area contributed by atoms with E-state index in [0.29, 0.717) is 35.7 Å².